The van der Waals surface area contributed by atoms with Crippen LogP contribution in [0.4, 0.5) is 0 Å². The van der Waals surface area contributed by atoms with E-state index in [1.807, 2.05) is 6.92 Å². The lowest BCUT2D eigenvalue weighted by Gasteiger charge is -1.92. The second-order valence-corrected chi connectivity index (χ2v) is 2.04. The molecule has 0 aliphatic carbocycles. The van der Waals surface area contributed by atoms with Crippen LogP contribution in [0, 0.1) is 5.56 Å². The van der Waals surface area contributed by atoms with Gasteiger partial charge in [0.15, 0.2) is 0 Å². The van der Waals surface area contributed by atoms with Gasteiger partial charge in [-0.25, -0.2) is 0 Å². The highest BCUT2D eigenvalue weighted by Gasteiger charge is 2.12. The van der Waals surface area contributed by atoms with E-state index in [9.17, 15) is 0 Å². The Kier molecular flexibility index (Phi) is 1.24. The zero-order valence-electron chi connectivity index (χ0n) is 4.07. The van der Waals surface area contributed by atoms with Gasteiger partial charge in [-0.05, 0) is 12.5 Å². The lowest BCUT2D eigenvalue weighted by molar-refractivity contribution is 0.331. The first-order chi connectivity index (χ1) is 3.29. The quantitative estimate of drug-likeness (QED) is 0.472. The summed E-state index contributed by atoms with van der Waals surface area (Å²) in [6, 6.07) is 0. The highest BCUT2D eigenvalue weighted by molar-refractivity contribution is 6.26. The molecule has 0 saturated carbocycles. The fourth-order valence-electron chi connectivity index (χ4n) is 0.467. The first-order valence-corrected chi connectivity index (χ1v) is 2.50. The average molecular weight is 118 g/mol. The minimum atomic E-state index is 0.581. The van der Waals surface area contributed by atoms with Crippen molar-refractivity contribution in [1.82, 2.24) is 0 Å². The molecule has 0 aromatic carbocycles. The van der Waals surface area contributed by atoms with E-state index in [4.69, 9.17) is 16.3 Å². The Hall–Kier alpha value is -0.170. The van der Waals surface area contributed by atoms with E-state index < -0.39 is 0 Å². The lowest BCUT2D eigenvalue weighted by atomic mass is 10.3. The zero-order valence-corrected chi connectivity index (χ0v) is 4.83. The summed E-state index contributed by atoms with van der Waals surface area (Å²) < 4.78 is 4.79. The molecule has 39 valence electrons. The third-order valence-corrected chi connectivity index (χ3v) is 1.03. The molecule has 1 rings (SSSR count). The van der Waals surface area contributed by atoms with Gasteiger partial charge in [-0.15, -0.1) is 0 Å². The second-order valence-electron chi connectivity index (χ2n) is 1.61. The minimum Gasteiger partial charge on any atom is -0.473 e. The highest BCUT2D eigenvalue weighted by atomic mass is 35.5. The van der Waals surface area contributed by atoms with Crippen LogP contribution in [0.3, 0.4) is 0 Å². The molecule has 0 spiro atoms. The number of ether oxygens (including phenoxy) is 1. The van der Waals surface area contributed by atoms with Gasteiger partial charge in [0.05, 0.1) is 6.26 Å². The Labute approximate surface area is 47.9 Å². The molecule has 0 saturated heterocycles. The molecule has 0 atom stereocenters. The van der Waals surface area contributed by atoms with Crippen molar-refractivity contribution in [3.63, 3.8) is 0 Å². The Morgan fingerprint density at radius 1 is 1.86 bits per heavy atom. The van der Waals surface area contributed by atoms with E-state index in [2.05, 4.69) is 0 Å². The van der Waals surface area contributed by atoms with Gasteiger partial charge in [0.2, 0.25) is 5.56 Å². The van der Waals surface area contributed by atoms with E-state index in [0.29, 0.717) is 5.56 Å². The Morgan fingerprint density at radius 2 is 2.57 bits per heavy atom. The maximum absolute atomic E-state index is 5.45. The van der Waals surface area contributed by atoms with Crippen LogP contribution in [0.1, 0.15) is 13.3 Å². The highest BCUT2D eigenvalue weighted by Crippen LogP contribution is 2.25. The maximum atomic E-state index is 5.45. The molecule has 0 fully saturated rings. The van der Waals surface area contributed by atoms with Crippen LogP contribution < -0.4 is 0 Å². The molecule has 1 aliphatic heterocycles. The van der Waals surface area contributed by atoms with E-state index >= 15 is 0 Å². The number of halogens is 1. The van der Waals surface area contributed by atoms with Crippen molar-refractivity contribution in [2.45, 2.75) is 13.3 Å². The SMILES string of the molecule is CC1=CO[C](Cl)C1. The predicted octanol–water partition coefficient (Wildman–Crippen LogP) is 2.04. The zero-order chi connectivity index (χ0) is 5.28. The van der Waals surface area contributed by atoms with Crippen LogP contribution in [0.15, 0.2) is 11.8 Å². The van der Waals surface area contributed by atoms with Crippen LogP contribution in [0.5, 0.6) is 0 Å². The molecule has 0 amide bonds. The summed E-state index contributed by atoms with van der Waals surface area (Å²) in [4.78, 5) is 0. The first kappa shape index (κ1) is 4.98. The van der Waals surface area contributed by atoms with Gasteiger partial charge in [-0.3, -0.25) is 0 Å². The Bertz CT molecular complexity index is 98.3. The normalized spacial score (nSPS) is 21.7. The van der Waals surface area contributed by atoms with Gasteiger partial charge in [-0.2, -0.15) is 0 Å². The van der Waals surface area contributed by atoms with Crippen molar-refractivity contribution in [3.8, 4) is 0 Å². The summed E-state index contributed by atoms with van der Waals surface area (Å²) in [6.45, 7) is 1.98. The summed E-state index contributed by atoms with van der Waals surface area (Å²) in [7, 11) is 0. The van der Waals surface area contributed by atoms with Crippen molar-refractivity contribution in [3.05, 3.63) is 17.4 Å². The predicted molar refractivity (Wildman–Crippen MR) is 28.6 cm³/mol. The lowest BCUT2D eigenvalue weighted by Crippen LogP contribution is -1.77. The van der Waals surface area contributed by atoms with Gasteiger partial charge in [0.1, 0.15) is 0 Å². The van der Waals surface area contributed by atoms with Gasteiger partial charge >= 0.3 is 0 Å². The third kappa shape index (κ3) is 1.10. The first-order valence-electron chi connectivity index (χ1n) is 2.12. The molecule has 0 bridgehead atoms. The molecule has 2 heteroatoms. The van der Waals surface area contributed by atoms with Gasteiger partial charge < -0.3 is 4.74 Å². The molecule has 1 heterocycles. The number of hydrogen-bond donors (Lipinski definition) is 0. The molecule has 0 aromatic heterocycles. The second kappa shape index (κ2) is 1.74. The molecule has 0 N–H and O–H groups in total. The van der Waals surface area contributed by atoms with Crippen LogP contribution >= 0.6 is 11.6 Å². The summed E-state index contributed by atoms with van der Waals surface area (Å²) in [6.07, 6.45) is 2.46. The maximum Gasteiger partial charge on any atom is 0.238 e. The monoisotopic (exact) mass is 117 g/mol. The summed E-state index contributed by atoms with van der Waals surface area (Å²) in [5, 5.41) is 0. The fraction of sp³-hybridized carbons (Fsp3) is 0.400. The molecule has 1 radical (unpaired) electrons. The van der Waals surface area contributed by atoms with Crippen LogP contribution in [-0.2, 0) is 4.74 Å². The third-order valence-electron chi connectivity index (χ3n) is 0.806. The smallest absolute Gasteiger partial charge is 0.238 e. The van der Waals surface area contributed by atoms with Gasteiger partial charge in [0.25, 0.3) is 0 Å². The van der Waals surface area contributed by atoms with Crippen molar-refractivity contribution in [2.75, 3.05) is 0 Å². The molecule has 1 aliphatic rings. The standard InChI is InChI=1S/C5H6ClO/c1-4-2-5(6)7-3-4/h3H,2H2,1H3. The fourth-order valence-corrected chi connectivity index (χ4v) is 0.722. The van der Waals surface area contributed by atoms with Crippen LogP contribution in [0.2, 0.25) is 0 Å². The van der Waals surface area contributed by atoms with Crippen LogP contribution in [-0.4, -0.2) is 0 Å². The summed E-state index contributed by atoms with van der Waals surface area (Å²) in [5.74, 6) is 0. The topological polar surface area (TPSA) is 9.23 Å². The minimum absolute atomic E-state index is 0.581. The van der Waals surface area contributed by atoms with Crippen molar-refractivity contribution in [2.24, 2.45) is 0 Å². The summed E-state index contributed by atoms with van der Waals surface area (Å²) in [5.41, 5.74) is 1.77. The van der Waals surface area contributed by atoms with E-state index in [1.165, 1.54) is 5.57 Å². The number of rotatable bonds is 0. The van der Waals surface area contributed by atoms with Crippen molar-refractivity contribution in [1.29, 1.82) is 0 Å². The van der Waals surface area contributed by atoms with Gasteiger partial charge in [-0.1, -0.05) is 11.6 Å². The molecule has 1 nitrogen and oxygen atoms in total. The molecule has 0 aromatic rings. The molecule has 0 unspecified atom stereocenters. The average Bonchev–Trinajstić information content (AvgIpc) is 1.87. The van der Waals surface area contributed by atoms with E-state index in [-0.39, 0.29) is 0 Å². The van der Waals surface area contributed by atoms with Crippen molar-refractivity contribution >= 4 is 11.6 Å². The van der Waals surface area contributed by atoms with Crippen molar-refractivity contribution < 1.29 is 4.74 Å². The van der Waals surface area contributed by atoms with E-state index in [0.717, 1.165) is 6.42 Å². The van der Waals surface area contributed by atoms with Crippen LogP contribution in [0.25, 0.3) is 0 Å². The van der Waals surface area contributed by atoms with E-state index in [1.54, 1.807) is 6.26 Å². The van der Waals surface area contributed by atoms with Gasteiger partial charge in [0, 0.05) is 6.42 Å². The Balaban J connectivity index is 2.42. The Morgan fingerprint density at radius 3 is 2.71 bits per heavy atom. The summed E-state index contributed by atoms with van der Waals surface area (Å²) >= 11 is 5.45. The molecule has 7 heavy (non-hydrogen) atoms. The molecular formula is C5H6ClO. The largest absolute Gasteiger partial charge is 0.473 e. The molecular weight excluding hydrogens is 112 g/mol. The number of hydrogen-bond acceptors (Lipinski definition) is 1.